The number of hydrogen-bond donors (Lipinski definition) is 2. The summed E-state index contributed by atoms with van der Waals surface area (Å²) in [7, 11) is 3.32. The van der Waals surface area contributed by atoms with E-state index in [0.29, 0.717) is 29.1 Å². The minimum absolute atomic E-state index is 0.176. The Balaban J connectivity index is 2.12. The molecule has 0 spiro atoms. The van der Waals surface area contributed by atoms with Gasteiger partial charge in [-0.2, -0.15) is 0 Å². The Kier molecular flexibility index (Phi) is 5.08. The summed E-state index contributed by atoms with van der Waals surface area (Å²) in [5.74, 6) is -0.361. The zero-order valence-corrected chi connectivity index (χ0v) is 13.7. The first-order chi connectivity index (χ1) is 10.3. The van der Waals surface area contributed by atoms with Crippen LogP contribution < -0.4 is 11.1 Å². The minimum Gasteiger partial charge on any atom is -0.345 e. The van der Waals surface area contributed by atoms with Crippen molar-refractivity contribution < 1.29 is 9.59 Å². The first-order valence-corrected chi connectivity index (χ1v) is 7.83. The van der Waals surface area contributed by atoms with Crippen molar-refractivity contribution in [2.45, 2.75) is 37.6 Å². The van der Waals surface area contributed by atoms with Crippen LogP contribution in [0.25, 0.3) is 0 Å². The molecule has 2 amide bonds. The lowest BCUT2D eigenvalue weighted by atomic mass is 9.82. The minimum atomic E-state index is -0.803. The number of carbonyl (C=O) groups excluding carboxylic acids is 2. The maximum absolute atomic E-state index is 12.4. The van der Waals surface area contributed by atoms with Crippen molar-refractivity contribution in [3.63, 3.8) is 0 Å². The van der Waals surface area contributed by atoms with Crippen LogP contribution in [0.15, 0.2) is 18.2 Å². The number of nitrogens with one attached hydrogen (secondary N) is 1. The first kappa shape index (κ1) is 16.8. The number of halogens is 1. The normalized spacial score (nSPS) is 16.9. The lowest BCUT2D eigenvalue weighted by Gasteiger charge is -2.31. The molecule has 5 nitrogen and oxygen atoms in total. The third kappa shape index (κ3) is 3.59. The van der Waals surface area contributed by atoms with Crippen molar-refractivity contribution in [2.24, 2.45) is 5.73 Å². The second-order valence-corrected chi connectivity index (χ2v) is 6.47. The average Bonchev–Trinajstić information content (AvgIpc) is 2.47. The smallest absolute Gasteiger partial charge is 0.254 e. The van der Waals surface area contributed by atoms with E-state index in [-0.39, 0.29) is 11.8 Å². The van der Waals surface area contributed by atoms with Gasteiger partial charge in [0, 0.05) is 19.8 Å². The summed E-state index contributed by atoms with van der Waals surface area (Å²) < 4.78 is 0. The van der Waals surface area contributed by atoms with Gasteiger partial charge in [0.25, 0.3) is 5.91 Å². The van der Waals surface area contributed by atoms with Crippen molar-refractivity contribution in [1.82, 2.24) is 4.90 Å². The molecule has 2 rings (SSSR count). The van der Waals surface area contributed by atoms with E-state index in [1.54, 1.807) is 32.3 Å². The van der Waals surface area contributed by atoms with Crippen molar-refractivity contribution in [1.29, 1.82) is 0 Å². The number of amides is 2. The Labute approximate surface area is 135 Å². The van der Waals surface area contributed by atoms with Crippen molar-refractivity contribution in [2.75, 3.05) is 19.4 Å². The molecule has 22 heavy (non-hydrogen) atoms. The summed E-state index contributed by atoms with van der Waals surface area (Å²) in [6, 6.07) is 4.87. The van der Waals surface area contributed by atoms with Crippen molar-refractivity contribution >= 4 is 29.1 Å². The molecule has 3 N–H and O–H groups in total. The highest BCUT2D eigenvalue weighted by atomic mass is 35.5. The fourth-order valence-corrected chi connectivity index (χ4v) is 2.93. The molecule has 0 saturated heterocycles. The fraction of sp³-hybridized carbons (Fsp3) is 0.500. The Morgan fingerprint density at radius 3 is 2.41 bits per heavy atom. The largest absolute Gasteiger partial charge is 0.345 e. The van der Waals surface area contributed by atoms with E-state index in [1.165, 1.54) is 4.90 Å². The second-order valence-electron chi connectivity index (χ2n) is 6.07. The molecule has 0 unspecified atom stereocenters. The summed E-state index contributed by atoms with van der Waals surface area (Å²) in [5, 5.41) is 3.13. The molecule has 0 heterocycles. The molecule has 0 radical (unpaired) electrons. The highest BCUT2D eigenvalue weighted by Crippen LogP contribution is 2.28. The van der Waals surface area contributed by atoms with Crippen LogP contribution in [0.4, 0.5) is 5.69 Å². The zero-order chi connectivity index (χ0) is 16.3. The Hall–Kier alpha value is -1.59. The fourth-order valence-electron chi connectivity index (χ4n) is 2.67. The molecule has 1 aliphatic rings. The topological polar surface area (TPSA) is 75.4 Å². The lowest BCUT2D eigenvalue weighted by molar-refractivity contribution is -0.122. The summed E-state index contributed by atoms with van der Waals surface area (Å²) in [4.78, 5) is 25.8. The SMILES string of the molecule is CN(C)C(=O)c1ccc(NC(=O)C2(N)CCCCC2)cc1Cl. The number of nitrogens with zero attached hydrogens (tertiary/aromatic N) is 1. The number of benzene rings is 1. The van der Waals surface area contributed by atoms with Gasteiger partial charge in [-0.1, -0.05) is 30.9 Å². The van der Waals surface area contributed by atoms with E-state index in [9.17, 15) is 9.59 Å². The molecule has 1 aromatic carbocycles. The van der Waals surface area contributed by atoms with E-state index >= 15 is 0 Å². The number of rotatable bonds is 3. The van der Waals surface area contributed by atoms with Crippen molar-refractivity contribution in [3.05, 3.63) is 28.8 Å². The van der Waals surface area contributed by atoms with E-state index in [0.717, 1.165) is 19.3 Å². The Bertz CT molecular complexity index is 581. The van der Waals surface area contributed by atoms with Gasteiger partial charge in [-0.25, -0.2) is 0 Å². The van der Waals surface area contributed by atoms with Crippen LogP contribution in [-0.2, 0) is 4.79 Å². The highest BCUT2D eigenvalue weighted by Gasteiger charge is 2.35. The number of hydrogen-bond acceptors (Lipinski definition) is 3. The van der Waals surface area contributed by atoms with Gasteiger partial charge in [-0.15, -0.1) is 0 Å². The van der Waals surface area contributed by atoms with Gasteiger partial charge in [0.1, 0.15) is 0 Å². The van der Waals surface area contributed by atoms with Gasteiger partial charge in [0.15, 0.2) is 0 Å². The quantitative estimate of drug-likeness (QED) is 0.898. The Morgan fingerprint density at radius 2 is 1.86 bits per heavy atom. The van der Waals surface area contributed by atoms with E-state index < -0.39 is 5.54 Å². The maximum Gasteiger partial charge on any atom is 0.254 e. The maximum atomic E-state index is 12.4. The number of carbonyl (C=O) groups is 2. The number of anilines is 1. The molecular formula is C16H22ClN3O2. The monoisotopic (exact) mass is 323 g/mol. The van der Waals surface area contributed by atoms with Crippen molar-refractivity contribution in [3.8, 4) is 0 Å². The summed E-state index contributed by atoms with van der Waals surface area (Å²) in [6.45, 7) is 0. The summed E-state index contributed by atoms with van der Waals surface area (Å²) in [6.07, 6.45) is 4.47. The number of nitrogens with two attached hydrogens (primary N) is 1. The van der Waals surface area contributed by atoms with Gasteiger partial charge in [0.05, 0.1) is 16.1 Å². The molecule has 0 atom stereocenters. The Morgan fingerprint density at radius 1 is 1.23 bits per heavy atom. The van der Waals surface area contributed by atoms with Crippen LogP contribution >= 0.6 is 11.6 Å². The molecule has 6 heteroatoms. The first-order valence-electron chi connectivity index (χ1n) is 7.45. The molecule has 120 valence electrons. The van der Waals surface area contributed by atoms with E-state index in [4.69, 9.17) is 17.3 Å². The van der Waals surface area contributed by atoms with Gasteiger partial charge < -0.3 is 16.0 Å². The van der Waals surface area contributed by atoms with Gasteiger partial charge in [0.2, 0.25) is 5.91 Å². The molecule has 1 saturated carbocycles. The molecule has 0 aromatic heterocycles. The van der Waals surface area contributed by atoms with Crippen LogP contribution in [0.1, 0.15) is 42.5 Å². The third-order valence-corrected chi connectivity index (χ3v) is 4.37. The molecule has 1 aromatic rings. The van der Waals surface area contributed by atoms with Crippen LogP contribution in [0.3, 0.4) is 0 Å². The van der Waals surface area contributed by atoms with Crippen LogP contribution in [0.5, 0.6) is 0 Å². The van der Waals surface area contributed by atoms with Gasteiger partial charge in [-0.05, 0) is 31.0 Å². The lowest BCUT2D eigenvalue weighted by Crippen LogP contribution is -2.52. The summed E-state index contributed by atoms with van der Waals surface area (Å²) in [5.41, 5.74) is 6.36. The molecule has 0 aliphatic heterocycles. The predicted octanol–water partition coefficient (Wildman–Crippen LogP) is 2.64. The standard InChI is InChI=1S/C16H22ClN3O2/c1-20(2)14(21)12-7-6-11(10-13(12)17)19-15(22)16(18)8-4-3-5-9-16/h6-7,10H,3-5,8-9,18H2,1-2H3,(H,19,22). The molecule has 0 bridgehead atoms. The zero-order valence-electron chi connectivity index (χ0n) is 13.0. The molecule has 1 fully saturated rings. The van der Waals surface area contributed by atoms with E-state index in [1.807, 2.05) is 0 Å². The van der Waals surface area contributed by atoms with Gasteiger partial charge in [-0.3, -0.25) is 9.59 Å². The average molecular weight is 324 g/mol. The van der Waals surface area contributed by atoms with Crippen LogP contribution in [0, 0.1) is 0 Å². The van der Waals surface area contributed by atoms with Gasteiger partial charge >= 0.3 is 0 Å². The molecule has 1 aliphatic carbocycles. The third-order valence-electron chi connectivity index (χ3n) is 4.06. The van der Waals surface area contributed by atoms with Crippen LogP contribution in [-0.4, -0.2) is 36.3 Å². The second kappa shape index (κ2) is 6.67. The molecular weight excluding hydrogens is 302 g/mol. The van der Waals surface area contributed by atoms with Crippen LogP contribution in [0.2, 0.25) is 5.02 Å². The summed E-state index contributed by atoms with van der Waals surface area (Å²) >= 11 is 6.14. The predicted molar refractivity (Wildman–Crippen MR) is 88.1 cm³/mol. The highest BCUT2D eigenvalue weighted by molar-refractivity contribution is 6.34. The van der Waals surface area contributed by atoms with E-state index in [2.05, 4.69) is 5.32 Å².